The van der Waals surface area contributed by atoms with Gasteiger partial charge in [-0.15, -0.1) is 0 Å². The number of nitrogens with one attached hydrogen (secondary N) is 3. The molecule has 0 radical (unpaired) electrons. The summed E-state index contributed by atoms with van der Waals surface area (Å²) < 4.78 is 13.5. The van der Waals surface area contributed by atoms with Gasteiger partial charge in [-0.2, -0.15) is 0 Å². The number of hydrogen-bond acceptors (Lipinski definition) is 2. The minimum absolute atomic E-state index is 0.227. The Hall–Kier alpha value is -2.83. The zero-order valence-corrected chi connectivity index (χ0v) is 17.1. The highest BCUT2D eigenvalue weighted by Gasteiger charge is 2.28. The topological polar surface area (TPSA) is 60.2 Å². The van der Waals surface area contributed by atoms with Crippen LogP contribution in [0.25, 0.3) is 16.5 Å². The van der Waals surface area contributed by atoms with E-state index in [0.717, 1.165) is 23.9 Å². The molecular weight excluding hydrogens is 403 g/mol. The summed E-state index contributed by atoms with van der Waals surface area (Å²) in [6.45, 7) is 2.20. The Morgan fingerprint density at radius 1 is 1.17 bits per heavy atom. The van der Waals surface area contributed by atoms with Crippen LogP contribution in [0.15, 0.2) is 48.7 Å². The second-order valence-corrected chi connectivity index (χ2v) is 8.36. The number of aromatic amines is 1. The van der Waals surface area contributed by atoms with Crippen LogP contribution in [0.4, 0.5) is 20.6 Å². The lowest BCUT2D eigenvalue weighted by atomic mass is 9.94. The highest BCUT2D eigenvalue weighted by atomic mass is 35.5. The molecule has 2 amide bonds. The van der Waals surface area contributed by atoms with Gasteiger partial charge in [0, 0.05) is 51.6 Å². The maximum absolute atomic E-state index is 13.5. The predicted molar refractivity (Wildman–Crippen MR) is 120 cm³/mol. The summed E-state index contributed by atoms with van der Waals surface area (Å²) in [7, 11) is 0. The van der Waals surface area contributed by atoms with E-state index in [2.05, 4.69) is 32.8 Å². The number of H-pyrrole nitrogens is 1. The minimum atomic E-state index is -0.502. The van der Waals surface area contributed by atoms with Crippen molar-refractivity contribution in [2.75, 3.05) is 23.7 Å². The molecular formula is C23H22ClFN4O. The lowest BCUT2D eigenvalue weighted by Gasteiger charge is -2.29. The van der Waals surface area contributed by atoms with Gasteiger partial charge in [0.1, 0.15) is 5.82 Å². The number of rotatable bonds is 3. The Labute approximate surface area is 178 Å². The molecule has 3 N–H and O–H groups in total. The van der Waals surface area contributed by atoms with E-state index in [9.17, 15) is 9.18 Å². The molecule has 5 nitrogen and oxygen atoms in total. The van der Waals surface area contributed by atoms with E-state index in [0.29, 0.717) is 17.4 Å². The third-order valence-corrected chi connectivity index (χ3v) is 6.15. The molecule has 1 aromatic heterocycles. The van der Waals surface area contributed by atoms with Crippen LogP contribution in [0.1, 0.15) is 24.8 Å². The molecule has 0 aliphatic carbocycles. The third kappa shape index (κ3) is 3.80. The van der Waals surface area contributed by atoms with Crippen molar-refractivity contribution in [3.63, 3.8) is 0 Å². The van der Waals surface area contributed by atoms with Crippen LogP contribution in [-0.4, -0.2) is 35.0 Å². The summed E-state index contributed by atoms with van der Waals surface area (Å²) in [6.07, 6.45) is 7.98. The van der Waals surface area contributed by atoms with Crippen LogP contribution in [0.3, 0.4) is 0 Å². The summed E-state index contributed by atoms with van der Waals surface area (Å²) in [5.74, 6) is -0.502. The molecule has 0 saturated carbocycles. The van der Waals surface area contributed by atoms with Crippen LogP contribution in [0.2, 0.25) is 5.02 Å². The number of aromatic nitrogens is 1. The Bertz CT molecular complexity index is 1140. The van der Waals surface area contributed by atoms with E-state index < -0.39 is 11.8 Å². The van der Waals surface area contributed by atoms with E-state index in [1.54, 1.807) is 0 Å². The van der Waals surface area contributed by atoms with Crippen LogP contribution < -0.4 is 10.6 Å². The maximum Gasteiger partial charge on any atom is 0.323 e. The fourth-order valence-corrected chi connectivity index (χ4v) is 4.76. The highest BCUT2D eigenvalue weighted by molar-refractivity contribution is 6.31. The summed E-state index contributed by atoms with van der Waals surface area (Å²) in [5, 5.41) is 6.75. The van der Waals surface area contributed by atoms with Crippen molar-refractivity contribution in [3.8, 4) is 0 Å². The largest absolute Gasteiger partial charge is 0.361 e. The molecule has 3 heterocycles. The predicted octanol–water partition coefficient (Wildman–Crippen LogP) is 5.86. The number of fused-ring (bicyclic) bond motifs is 2. The van der Waals surface area contributed by atoms with Gasteiger partial charge in [-0.3, -0.25) is 4.90 Å². The number of carbonyl (C=O) groups is 1. The number of halogens is 2. The number of nitrogens with zero attached hydrogens (tertiary/aromatic N) is 1. The summed E-state index contributed by atoms with van der Waals surface area (Å²) >= 11 is 5.85. The minimum Gasteiger partial charge on any atom is -0.361 e. The number of urea groups is 1. The number of anilines is 2. The SMILES string of the molecule is O=C(Nc1cc(F)cc(Cl)c1)Nc1ccc2[nH]cc(C3=CCN4CCCC4C3)c2c1. The fourth-order valence-electron chi connectivity index (χ4n) is 4.53. The van der Waals surface area contributed by atoms with Gasteiger partial charge >= 0.3 is 6.03 Å². The zero-order chi connectivity index (χ0) is 20.7. The maximum atomic E-state index is 13.5. The van der Waals surface area contributed by atoms with Crippen LogP contribution in [0.5, 0.6) is 0 Å². The lowest BCUT2D eigenvalue weighted by molar-refractivity contribution is 0.262. The third-order valence-electron chi connectivity index (χ3n) is 5.93. The molecule has 5 rings (SSSR count). The van der Waals surface area contributed by atoms with Gasteiger partial charge in [0.2, 0.25) is 0 Å². The van der Waals surface area contributed by atoms with Gasteiger partial charge in [-0.05, 0) is 67.8 Å². The molecule has 0 bridgehead atoms. The summed E-state index contributed by atoms with van der Waals surface area (Å²) in [4.78, 5) is 18.3. The summed E-state index contributed by atoms with van der Waals surface area (Å²) in [6, 6.07) is 9.87. The van der Waals surface area contributed by atoms with Crippen LogP contribution in [0, 0.1) is 5.82 Å². The molecule has 7 heteroatoms. The zero-order valence-electron chi connectivity index (χ0n) is 16.3. The molecule has 2 aliphatic heterocycles. The van der Waals surface area contributed by atoms with Gasteiger partial charge in [-0.1, -0.05) is 17.7 Å². The first-order chi connectivity index (χ1) is 14.5. The van der Waals surface area contributed by atoms with Crippen LogP contribution in [-0.2, 0) is 0 Å². The second-order valence-electron chi connectivity index (χ2n) is 7.92. The van der Waals surface area contributed by atoms with Gasteiger partial charge in [0.15, 0.2) is 0 Å². The average Bonchev–Trinajstić information content (AvgIpc) is 3.32. The van der Waals surface area contributed by atoms with E-state index in [-0.39, 0.29) is 5.02 Å². The summed E-state index contributed by atoms with van der Waals surface area (Å²) in [5.41, 5.74) is 4.55. The molecule has 30 heavy (non-hydrogen) atoms. The molecule has 1 saturated heterocycles. The molecule has 2 aliphatic rings. The molecule has 2 aromatic carbocycles. The first kappa shape index (κ1) is 19.2. The molecule has 154 valence electrons. The Morgan fingerprint density at radius 3 is 2.90 bits per heavy atom. The second kappa shape index (κ2) is 7.78. The average molecular weight is 425 g/mol. The number of hydrogen-bond donors (Lipinski definition) is 3. The van der Waals surface area contributed by atoms with E-state index in [1.165, 1.54) is 48.7 Å². The quantitative estimate of drug-likeness (QED) is 0.493. The van der Waals surface area contributed by atoms with Gasteiger partial charge < -0.3 is 15.6 Å². The molecule has 1 unspecified atom stereocenters. The fraction of sp³-hybridized carbons (Fsp3) is 0.261. The van der Waals surface area contributed by atoms with Crippen molar-refractivity contribution >= 4 is 45.5 Å². The van der Waals surface area contributed by atoms with Crippen molar-refractivity contribution in [1.29, 1.82) is 0 Å². The van der Waals surface area contributed by atoms with Crippen molar-refractivity contribution in [2.24, 2.45) is 0 Å². The van der Waals surface area contributed by atoms with Crippen LogP contribution >= 0.6 is 11.6 Å². The van der Waals surface area contributed by atoms with Gasteiger partial charge in [0.25, 0.3) is 0 Å². The van der Waals surface area contributed by atoms with Crippen molar-refractivity contribution in [3.05, 3.63) is 65.1 Å². The number of carbonyl (C=O) groups excluding carboxylic acids is 1. The Kier molecular flexibility index (Phi) is 4.97. The van der Waals surface area contributed by atoms with E-state index in [4.69, 9.17) is 11.6 Å². The first-order valence-electron chi connectivity index (χ1n) is 10.1. The number of amides is 2. The van der Waals surface area contributed by atoms with Gasteiger partial charge in [0.05, 0.1) is 0 Å². The monoisotopic (exact) mass is 424 g/mol. The Balaban J connectivity index is 1.36. The van der Waals surface area contributed by atoms with E-state index >= 15 is 0 Å². The molecule has 1 fully saturated rings. The highest BCUT2D eigenvalue weighted by Crippen LogP contribution is 2.36. The lowest BCUT2D eigenvalue weighted by Crippen LogP contribution is -2.32. The Morgan fingerprint density at radius 2 is 2.03 bits per heavy atom. The molecule has 3 aromatic rings. The van der Waals surface area contributed by atoms with E-state index in [1.807, 2.05) is 18.2 Å². The number of benzene rings is 2. The molecule has 1 atom stereocenters. The smallest absolute Gasteiger partial charge is 0.323 e. The first-order valence-corrected chi connectivity index (χ1v) is 10.5. The normalized spacial score (nSPS) is 18.9. The van der Waals surface area contributed by atoms with Gasteiger partial charge in [-0.25, -0.2) is 9.18 Å². The standard InChI is InChI=1S/C23H22ClFN4O/c24-15-9-16(25)11-18(10-15)28-23(30)27-17-3-4-22-20(12-17)21(13-26-22)14-5-7-29-6-1-2-19(29)8-14/h3-5,9-13,19,26H,1-2,6-8H2,(H2,27,28,30). The van der Waals surface area contributed by atoms with Crippen molar-refractivity contribution in [1.82, 2.24) is 9.88 Å². The van der Waals surface area contributed by atoms with Crippen molar-refractivity contribution in [2.45, 2.75) is 25.3 Å². The van der Waals surface area contributed by atoms with Crippen molar-refractivity contribution < 1.29 is 9.18 Å². The molecule has 0 spiro atoms.